The van der Waals surface area contributed by atoms with E-state index >= 15 is 0 Å². The van der Waals surface area contributed by atoms with Crippen LogP contribution in [0.4, 0.5) is 39.5 Å². The van der Waals surface area contributed by atoms with Crippen molar-refractivity contribution in [1.29, 1.82) is 0 Å². The molecule has 0 fully saturated rings. The zero-order valence-electron chi connectivity index (χ0n) is 50.3. The van der Waals surface area contributed by atoms with Gasteiger partial charge in [0.25, 0.3) is 0 Å². The second kappa shape index (κ2) is 38.3. The molecule has 0 heterocycles. The zero-order chi connectivity index (χ0) is 61.4. The number of ether oxygens (including phenoxy) is 3. The predicted octanol–water partition coefficient (Wildman–Crippen LogP) is 19.9. The van der Waals surface area contributed by atoms with Crippen molar-refractivity contribution >= 4 is 45.1 Å². The molecular formula is C63H97F9O6SiSn2. The molecule has 0 saturated heterocycles. The molecular weight excluding hydrogens is 1290 g/mol. The molecule has 0 aliphatic carbocycles. The van der Waals surface area contributed by atoms with Gasteiger partial charge in [-0.1, -0.05) is 12.0 Å². The normalized spacial score (nSPS) is 13.9. The topological polar surface area (TPSA) is 77.4 Å². The van der Waals surface area contributed by atoms with Gasteiger partial charge in [-0.3, -0.25) is 0 Å². The molecule has 0 amide bonds. The number of alkyl halides is 9. The van der Waals surface area contributed by atoms with Crippen molar-refractivity contribution in [3.05, 3.63) is 110 Å². The van der Waals surface area contributed by atoms with Gasteiger partial charge < -0.3 is 9.84 Å². The van der Waals surface area contributed by atoms with Gasteiger partial charge in [-0.25, -0.2) is 0 Å². The number of terminal acetylenes is 1. The Hall–Kier alpha value is -2.84. The van der Waals surface area contributed by atoms with Crippen LogP contribution in [0.5, 0.6) is 17.2 Å². The molecule has 18 heteroatoms. The summed E-state index contributed by atoms with van der Waals surface area (Å²) in [6.45, 7) is 24.5. The van der Waals surface area contributed by atoms with Crippen LogP contribution in [-0.2, 0) is 23.0 Å². The van der Waals surface area contributed by atoms with Crippen molar-refractivity contribution < 1.29 is 68.4 Å². The van der Waals surface area contributed by atoms with E-state index in [2.05, 4.69) is 89.7 Å². The third-order valence-corrected chi connectivity index (χ3v) is 47.4. The van der Waals surface area contributed by atoms with Gasteiger partial charge in [-0.15, -0.1) is 6.42 Å². The van der Waals surface area contributed by atoms with E-state index in [1.807, 2.05) is 12.0 Å². The summed E-state index contributed by atoms with van der Waals surface area (Å²) in [6, 6.07) is 14.3. The van der Waals surface area contributed by atoms with E-state index in [0.717, 1.165) is 36.4 Å². The Balaban J connectivity index is 0.000000650. The van der Waals surface area contributed by atoms with Crippen LogP contribution in [0.25, 0.3) is 0 Å². The summed E-state index contributed by atoms with van der Waals surface area (Å²) in [6.07, 6.45) is 8.37. The number of aliphatic hydroxyl groups excluding tert-OH is 2. The van der Waals surface area contributed by atoms with Crippen LogP contribution in [0.1, 0.15) is 156 Å². The monoisotopic (exact) mass is 1390 g/mol. The molecule has 0 aliphatic heterocycles. The summed E-state index contributed by atoms with van der Waals surface area (Å²) in [5, 5.41) is 19.4. The number of halogens is 9. The molecule has 81 heavy (non-hydrogen) atoms. The summed E-state index contributed by atoms with van der Waals surface area (Å²) < 4.78 is 151. The molecule has 2 N–H and O–H groups in total. The first kappa shape index (κ1) is 76.2. The molecule has 460 valence electrons. The summed E-state index contributed by atoms with van der Waals surface area (Å²) in [5.41, 5.74) is -2.24. The minimum absolute atomic E-state index is 0.0177. The summed E-state index contributed by atoms with van der Waals surface area (Å²) in [7, 11) is -2.11. The Morgan fingerprint density at radius 2 is 0.815 bits per heavy atom. The maximum atomic E-state index is 13.2. The molecule has 3 aromatic rings. The van der Waals surface area contributed by atoms with Gasteiger partial charge in [0.05, 0.1) is 5.56 Å². The van der Waals surface area contributed by atoms with Gasteiger partial charge in [0.2, 0.25) is 0 Å². The molecule has 0 spiro atoms. The fourth-order valence-electron chi connectivity index (χ4n) is 8.66. The Morgan fingerprint density at radius 3 is 1.11 bits per heavy atom. The van der Waals surface area contributed by atoms with E-state index < -0.39 is 92.5 Å². The minimum atomic E-state index is -4.41. The summed E-state index contributed by atoms with van der Waals surface area (Å²) >= 11 is -5.01. The van der Waals surface area contributed by atoms with Gasteiger partial charge in [0, 0.05) is 0 Å². The van der Waals surface area contributed by atoms with Crippen LogP contribution in [-0.4, -0.2) is 93.4 Å². The van der Waals surface area contributed by atoms with E-state index in [-0.39, 0.29) is 48.2 Å². The maximum absolute atomic E-state index is 13.2. The Labute approximate surface area is 490 Å². The Kier molecular flexibility index (Phi) is 36.0. The van der Waals surface area contributed by atoms with Crippen molar-refractivity contribution in [3.63, 3.8) is 0 Å². The number of hydrogen-bond donors (Lipinski definition) is 2. The molecule has 3 atom stereocenters. The quantitative estimate of drug-likeness (QED) is 0.0359. The zero-order valence-corrected chi connectivity index (χ0v) is 57.0. The number of hydrogen-bond acceptors (Lipinski definition) is 6. The fraction of sp³-hybridized carbons (Fsp3) is 0.619. The third-order valence-electron chi connectivity index (χ3n) is 14.7. The van der Waals surface area contributed by atoms with E-state index in [1.54, 1.807) is 6.07 Å². The van der Waals surface area contributed by atoms with E-state index in [1.165, 1.54) is 134 Å². The predicted molar refractivity (Wildman–Crippen MR) is 322 cm³/mol. The molecule has 6 nitrogen and oxygen atoms in total. The van der Waals surface area contributed by atoms with E-state index in [4.69, 9.17) is 30.2 Å². The molecule has 3 aromatic carbocycles. The third kappa shape index (κ3) is 31.2. The van der Waals surface area contributed by atoms with E-state index in [9.17, 15) is 44.6 Å². The Bertz CT molecular complexity index is 2230. The first-order chi connectivity index (χ1) is 37.9. The Morgan fingerprint density at radius 1 is 0.506 bits per heavy atom. The fourth-order valence-corrected chi connectivity index (χ4v) is 38.7. The molecule has 0 saturated carbocycles. The molecule has 0 unspecified atom stereocenters. The number of benzene rings is 3. The second-order valence-electron chi connectivity index (χ2n) is 22.7. The molecule has 3 rings (SSSR count). The van der Waals surface area contributed by atoms with Gasteiger partial charge in [-0.05, 0) is 18.2 Å². The number of unbranched alkanes of at least 4 members (excludes halogenated alkanes) is 6. The van der Waals surface area contributed by atoms with Gasteiger partial charge in [0.15, 0.2) is 0 Å². The van der Waals surface area contributed by atoms with Gasteiger partial charge >= 0.3 is 410 Å². The van der Waals surface area contributed by atoms with Crippen molar-refractivity contribution in [1.82, 2.24) is 0 Å². The number of rotatable bonds is 33. The van der Waals surface area contributed by atoms with Gasteiger partial charge in [-0.2, -0.15) is 13.2 Å². The molecule has 0 radical (unpaired) electrons. The van der Waals surface area contributed by atoms with Gasteiger partial charge in [0.1, 0.15) is 18.5 Å². The van der Waals surface area contributed by atoms with Crippen LogP contribution >= 0.6 is 0 Å². The number of aliphatic hydroxyl groups is 2. The van der Waals surface area contributed by atoms with Crippen LogP contribution in [0.3, 0.4) is 0 Å². The van der Waals surface area contributed by atoms with E-state index in [0.29, 0.717) is 0 Å². The molecule has 0 aliphatic rings. The first-order valence-corrected chi connectivity index (χ1v) is 47.5. The summed E-state index contributed by atoms with van der Waals surface area (Å²) in [4.78, 5) is 0. The standard InChI is InChI=1S/C17H24F3O2Si.C11H10F3O2.C11H9F3O2.6C4H9.2Sn/c1-7-14(22-23(5,6)16(2,3)4)12-21-15-10-8-9-13(11-15)17(18,19)20;2*1-2-9(15)7-16-10-5-3-4-8(6-10)11(12,13)14;6*1-3-4-2;;/h1,7-11,14H,12H2,2-6H3;1-6,9,15H,7H2;1,3-6,9,15H,7H2;6*1,3-4H2,2H3;;/t14-;2*9-;;;;;;;;/m111......../s1. The molecule has 0 bridgehead atoms. The molecule has 0 aromatic heterocycles. The second-order valence-corrected chi connectivity index (χ2v) is 53.5. The van der Waals surface area contributed by atoms with Crippen molar-refractivity contribution in [2.24, 2.45) is 0 Å². The summed E-state index contributed by atoms with van der Waals surface area (Å²) in [5.74, 6) is 2.37. The average molecular weight is 1390 g/mol. The van der Waals surface area contributed by atoms with Crippen LogP contribution in [0.2, 0.25) is 44.8 Å². The van der Waals surface area contributed by atoms with Crippen molar-refractivity contribution in [3.8, 4) is 29.6 Å². The van der Waals surface area contributed by atoms with Crippen LogP contribution in [0, 0.1) is 12.3 Å². The van der Waals surface area contributed by atoms with Crippen molar-refractivity contribution in [2.75, 3.05) is 19.8 Å². The average Bonchev–Trinajstić information content (AvgIpc) is 3.45. The SMILES string of the molecule is C#C[C@@H](O)COc1cccc(C(F)(F)F)c1.CCC[CH2][Sn](/[CH]=C\[C@@H](O)COc1cccc(C(F)(F)F)c1)([CH2]CCC)[CH2]CCC.CCC[CH2][Sn](/[CH]=C\[C@H](COc1cccc(C(F)(F)F)c1)O[Si](C)(C)C(C)(C)C)([CH2]CCC)[CH2]CCC. The van der Waals surface area contributed by atoms with Crippen molar-refractivity contribution in [2.45, 2.75) is 221 Å². The van der Waals surface area contributed by atoms with Crippen LogP contribution < -0.4 is 14.2 Å². The van der Waals surface area contributed by atoms with Crippen LogP contribution in [0.15, 0.2) is 93.1 Å². The first-order valence-electron chi connectivity index (χ1n) is 29.2.